The van der Waals surface area contributed by atoms with Crippen molar-refractivity contribution in [2.45, 2.75) is 51.5 Å². The minimum absolute atomic E-state index is 0.158. The van der Waals surface area contributed by atoms with Crippen LogP contribution in [0.4, 0.5) is 11.4 Å². The van der Waals surface area contributed by atoms with Crippen molar-refractivity contribution in [1.82, 2.24) is 0 Å². The van der Waals surface area contributed by atoms with Gasteiger partial charge in [-0.25, -0.2) is 0 Å². The Labute approximate surface area is 133 Å². The first kappa shape index (κ1) is 15.5. The average molecular weight is 388 g/mol. The number of halogens is 1. The van der Waals surface area contributed by atoms with Crippen molar-refractivity contribution in [1.29, 1.82) is 0 Å². The van der Waals surface area contributed by atoms with Gasteiger partial charge in [-0.2, -0.15) is 0 Å². The maximum atomic E-state index is 10.8. The number of nitrogens with zero attached hydrogens (tertiary/aromatic N) is 1. The van der Waals surface area contributed by atoms with Gasteiger partial charge in [0.05, 0.1) is 4.92 Å². The Morgan fingerprint density at radius 1 is 1.40 bits per heavy atom. The topological polar surface area (TPSA) is 55.2 Å². The Morgan fingerprint density at radius 3 is 2.65 bits per heavy atom. The maximum Gasteiger partial charge on any atom is 0.270 e. The van der Waals surface area contributed by atoms with Gasteiger partial charge in [-0.05, 0) is 53.8 Å². The summed E-state index contributed by atoms with van der Waals surface area (Å²) in [7, 11) is 0. The molecule has 1 saturated carbocycles. The van der Waals surface area contributed by atoms with Crippen LogP contribution in [0.2, 0.25) is 0 Å². The summed E-state index contributed by atoms with van der Waals surface area (Å²) in [6.07, 6.45) is 7.73. The summed E-state index contributed by atoms with van der Waals surface area (Å²) in [6, 6.07) is 5.53. The van der Waals surface area contributed by atoms with Gasteiger partial charge in [0.25, 0.3) is 5.69 Å². The van der Waals surface area contributed by atoms with Gasteiger partial charge in [-0.1, -0.05) is 26.2 Å². The molecule has 110 valence electrons. The number of hydrogen-bond acceptors (Lipinski definition) is 3. The molecule has 1 aromatic carbocycles. The highest BCUT2D eigenvalue weighted by atomic mass is 127. The predicted octanol–water partition coefficient (Wildman–Crippen LogP) is 4.97. The summed E-state index contributed by atoms with van der Waals surface area (Å²) in [5.74, 6) is 0.736. The van der Waals surface area contributed by atoms with Gasteiger partial charge < -0.3 is 5.32 Å². The number of rotatable bonds is 5. The zero-order valence-corrected chi connectivity index (χ0v) is 13.9. The molecule has 0 amide bonds. The highest BCUT2D eigenvalue weighted by Crippen LogP contribution is 2.31. The van der Waals surface area contributed by atoms with Crippen LogP contribution in [0.15, 0.2) is 18.2 Å². The molecule has 0 heterocycles. The summed E-state index contributed by atoms with van der Waals surface area (Å²) in [4.78, 5) is 10.4. The molecular formula is C15H21IN2O2. The molecular weight excluding hydrogens is 367 g/mol. The lowest BCUT2D eigenvalue weighted by molar-refractivity contribution is -0.384. The van der Waals surface area contributed by atoms with Crippen LogP contribution in [0.3, 0.4) is 0 Å². The first-order valence-corrected chi connectivity index (χ1v) is 8.40. The second kappa shape index (κ2) is 7.24. The number of nitro groups is 1. The van der Waals surface area contributed by atoms with Crippen LogP contribution in [0.1, 0.15) is 45.4 Å². The monoisotopic (exact) mass is 388 g/mol. The van der Waals surface area contributed by atoms with Gasteiger partial charge in [0.2, 0.25) is 0 Å². The second-order valence-corrected chi connectivity index (χ2v) is 6.64. The SMILES string of the molecule is CCC(Nc1ccc([N+](=O)[O-])cc1I)C1CCCCC1. The lowest BCUT2D eigenvalue weighted by Crippen LogP contribution is -2.30. The van der Waals surface area contributed by atoms with Crippen LogP contribution in [0, 0.1) is 19.6 Å². The van der Waals surface area contributed by atoms with E-state index >= 15 is 0 Å². The second-order valence-electron chi connectivity index (χ2n) is 5.48. The standard InChI is InChI=1S/C15H21IN2O2/c1-2-14(11-6-4-3-5-7-11)17-15-9-8-12(18(19)20)10-13(15)16/h8-11,14,17H,2-7H2,1H3. The van der Waals surface area contributed by atoms with Crippen molar-refractivity contribution in [3.63, 3.8) is 0 Å². The van der Waals surface area contributed by atoms with E-state index < -0.39 is 0 Å². The van der Waals surface area contributed by atoms with Gasteiger partial charge in [-0.15, -0.1) is 0 Å². The fraction of sp³-hybridized carbons (Fsp3) is 0.600. The molecule has 1 aliphatic carbocycles. The highest BCUT2D eigenvalue weighted by molar-refractivity contribution is 14.1. The molecule has 0 bridgehead atoms. The van der Waals surface area contributed by atoms with Crippen LogP contribution in [-0.4, -0.2) is 11.0 Å². The Kier molecular flexibility index (Phi) is 5.63. The molecule has 20 heavy (non-hydrogen) atoms. The molecule has 1 aromatic rings. The Bertz CT molecular complexity index is 473. The molecule has 0 aliphatic heterocycles. The van der Waals surface area contributed by atoms with Crippen molar-refractivity contribution < 1.29 is 4.92 Å². The molecule has 1 aliphatic rings. The van der Waals surface area contributed by atoms with Gasteiger partial charge in [-0.3, -0.25) is 10.1 Å². The van der Waals surface area contributed by atoms with E-state index in [9.17, 15) is 10.1 Å². The molecule has 5 heteroatoms. The summed E-state index contributed by atoms with van der Waals surface area (Å²) >= 11 is 2.17. The molecule has 0 spiro atoms. The molecule has 1 atom stereocenters. The van der Waals surface area contributed by atoms with E-state index in [1.807, 2.05) is 6.07 Å². The molecule has 2 rings (SSSR count). The lowest BCUT2D eigenvalue weighted by atomic mass is 9.83. The van der Waals surface area contributed by atoms with Crippen LogP contribution < -0.4 is 5.32 Å². The lowest BCUT2D eigenvalue weighted by Gasteiger charge is -2.31. The van der Waals surface area contributed by atoms with Gasteiger partial charge in [0.1, 0.15) is 0 Å². The van der Waals surface area contributed by atoms with Crippen molar-refractivity contribution in [2.75, 3.05) is 5.32 Å². The number of nitrogens with one attached hydrogen (secondary N) is 1. The summed E-state index contributed by atoms with van der Waals surface area (Å²) in [5, 5.41) is 14.4. The van der Waals surface area contributed by atoms with E-state index in [4.69, 9.17) is 0 Å². The third-order valence-corrected chi connectivity index (χ3v) is 5.06. The number of benzene rings is 1. The number of hydrogen-bond donors (Lipinski definition) is 1. The number of nitro benzene ring substituents is 1. The number of anilines is 1. The van der Waals surface area contributed by atoms with E-state index in [0.29, 0.717) is 6.04 Å². The smallest absolute Gasteiger partial charge is 0.270 e. The normalized spacial score (nSPS) is 17.7. The molecule has 1 N–H and O–H groups in total. The Morgan fingerprint density at radius 2 is 2.10 bits per heavy atom. The molecule has 0 saturated heterocycles. The fourth-order valence-corrected chi connectivity index (χ4v) is 3.68. The van der Waals surface area contributed by atoms with Crippen LogP contribution in [0.25, 0.3) is 0 Å². The molecule has 0 radical (unpaired) electrons. The first-order valence-electron chi connectivity index (χ1n) is 7.32. The Hall–Kier alpha value is -0.850. The van der Waals surface area contributed by atoms with Crippen molar-refractivity contribution in [2.24, 2.45) is 5.92 Å². The predicted molar refractivity (Wildman–Crippen MR) is 90.1 cm³/mol. The molecule has 1 unspecified atom stereocenters. The first-order chi connectivity index (χ1) is 9.61. The van der Waals surface area contributed by atoms with Crippen molar-refractivity contribution in [3.05, 3.63) is 31.9 Å². The van der Waals surface area contributed by atoms with E-state index in [2.05, 4.69) is 34.8 Å². The molecule has 0 aromatic heterocycles. The number of non-ortho nitro benzene ring substituents is 1. The summed E-state index contributed by atoms with van der Waals surface area (Å²) < 4.78 is 0.922. The van der Waals surface area contributed by atoms with Gasteiger partial charge >= 0.3 is 0 Å². The highest BCUT2D eigenvalue weighted by Gasteiger charge is 2.23. The van der Waals surface area contributed by atoms with E-state index in [0.717, 1.165) is 21.6 Å². The van der Waals surface area contributed by atoms with Gasteiger partial charge in [0.15, 0.2) is 0 Å². The van der Waals surface area contributed by atoms with E-state index in [1.54, 1.807) is 12.1 Å². The zero-order valence-electron chi connectivity index (χ0n) is 11.8. The fourth-order valence-electron chi connectivity index (χ4n) is 3.02. The Balaban J connectivity index is 2.08. The van der Waals surface area contributed by atoms with Crippen LogP contribution in [-0.2, 0) is 0 Å². The third-order valence-electron chi connectivity index (χ3n) is 4.16. The summed E-state index contributed by atoms with van der Waals surface area (Å²) in [6.45, 7) is 2.21. The average Bonchev–Trinajstić information content (AvgIpc) is 2.46. The molecule has 1 fully saturated rings. The largest absolute Gasteiger partial charge is 0.381 e. The summed E-state index contributed by atoms with van der Waals surface area (Å²) in [5.41, 5.74) is 1.18. The van der Waals surface area contributed by atoms with Crippen LogP contribution in [0.5, 0.6) is 0 Å². The quantitative estimate of drug-likeness (QED) is 0.440. The van der Waals surface area contributed by atoms with E-state index in [1.165, 1.54) is 32.1 Å². The van der Waals surface area contributed by atoms with E-state index in [-0.39, 0.29) is 10.6 Å². The van der Waals surface area contributed by atoms with Crippen LogP contribution >= 0.6 is 22.6 Å². The molecule has 4 nitrogen and oxygen atoms in total. The minimum Gasteiger partial charge on any atom is -0.381 e. The third kappa shape index (κ3) is 3.84. The zero-order chi connectivity index (χ0) is 14.5. The maximum absolute atomic E-state index is 10.8. The minimum atomic E-state index is -0.343. The van der Waals surface area contributed by atoms with Gasteiger partial charge in [0, 0.05) is 27.4 Å². The van der Waals surface area contributed by atoms with Crippen molar-refractivity contribution in [3.8, 4) is 0 Å². The van der Waals surface area contributed by atoms with Crippen molar-refractivity contribution >= 4 is 34.0 Å².